The van der Waals surface area contributed by atoms with Gasteiger partial charge in [-0.1, -0.05) is 24.3 Å². The number of nitrogens with one attached hydrogen (secondary N) is 2. The Kier molecular flexibility index (Phi) is 5.03. The van der Waals surface area contributed by atoms with E-state index in [1.165, 1.54) is 6.20 Å². The molecule has 0 aromatic heterocycles. The summed E-state index contributed by atoms with van der Waals surface area (Å²) in [4.78, 5) is 11.8. The number of methoxy groups -OCH3 is 1. The molecule has 22 heavy (non-hydrogen) atoms. The standard InChI is InChI=1S/C17H18N2O3/c1-12-7-8-14(15(20)11-12)19-17(21)18-10-9-13-5-3-4-6-16(13)22-2/h3-11,20H,1-2H3,(H2,18,19,21)/b10-9+. The van der Waals surface area contributed by atoms with E-state index in [4.69, 9.17) is 4.74 Å². The van der Waals surface area contributed by atoms with Crippen molar-refractivity contribution in [1.82, 2.24) is 5.32 Å². The van der Waals surface area contributed by atoms with Crippen molar-refractivity contribution in [2.75, 3.05) is 12.4 Å². The largest absolute Gasteiger partial charge is 0.506 e. The molecule has 0 saturated heterocycles. The zero-order chi connectivity index (χ0) is 15.9. The number of carbonyl (C=O) groups excluding carboxylic acids is 1. The van der Waals surface area contributed by atoms with Gasteiger partial charge in [-0.3, -0.25) is 0 Å². The number of phenolic OH excluding ortho intramolecular Hbond substituents is 1. The lowest BCUT2D eigenvalue weighted by Gasteiger charge is -2.07. The van der Waals surface area contributed by atoms with Crippen molar-refractivity contribution >= 4 is 17.8 Å². The van der Waals surface area contributed by atoms with Gasteiger partial charge in [0.05, 0.1) is 12.8 Å². The average Bonchev–Trinajstić information content (AvgIpc) is 2.50. The highest BCUT2D eigenvalue weighted by molar-refractivity contribution is 5.91. The fourth-order valence-corrected chi connectivity index (χ4v) is 1.92. The van der Waals surface area contributed by atoms with Gasteiger partial charge < -0.3 is 20.5 Å². The molecule has 5 heteroatoms. The van der Waals surface area contributed by atoms with Crippen LogP contribution in [0.2, 0.25) is 0 Å². The molecule has 2 aromatic carbocycles. The van der Waals surface area contributed by atoms with Crippen molar-refractivity contribution in [2.45, 2.75) is 6.92 Å². The first kappa shape index (κ1) is 15.4. The lowest BCUT2D eigenvalue weighted by atomic mass is 10.2. The molecule has 0 radical (unpaired) electrons. The molecule has 0 fully saturated rings. The average molecular weight is 298 g/mol. The van der Waals surface area contributed by atoms with Crippen molar-refractivity contribution in [3.63, 3.8) is 0 Å². The zero-order valence-corrected chi connectivity index (χ0v) is 12.5. The Morgan fingerprint density at radius 2 is 2.00 bits per heavy atom. The monoisotopic (exact) mass is 298 g/mol. The normalized spacial score (nSPS) is 10.5. The Morgan fingerprint density at radius 1 is 1.23 bits per heavy atom. The van der Waals surface area contributed by atoms with Gasteiger partial charge in [0.15, 0.2) is 0 Å². The van der Waals surface area contributed by atoms with Gasteiger partial charge in [0.2, 0.25) is 0 Å². The van der Waals surface area contributed by atoms with Crippen LogP contribution in [0.3, 0.4) is 0 Å². The summed E-state index contributed by atoms with van der Waals surface area (Å²) in [5.41, 5.74) is 2.12. The highest BCUT2D eigenvalue weighted by atomic mass is 16.5. The van der Waals surface area contributed by atoms with Gasteiger partial charge in [-0.05, 0) is 36.8 Å². The van der Waals surface area contributed by atoms with E-state index in [0.717, 1.165) is 16.9 Å². The van der Waals surface area contributed by atoms with Crippen LogP contribution in [0.5, 0.6) is 11.5 Å². The van der Waals surface area contributed by atoms with Gasteiger partial charge in [0.25, 0.3) is 0 Å². The second-order valence-electron chi connectivity index (χ2n) is 4.69. The number of hydrogen-bond donors (Lipinski definition) is 3. The molecule has 2 aromatic rings. The first-order valence-electron chi connectivity index (χ1n) is 6.77. The van der Waals surface area contributed by atoms with Crippen LogP contribution in [0.25, 0.3) is 6.08 Å². The fourth-order valence-electron chi connectivity index (χ4n) is 1.92. The molecule has 0 aliphatic carbocycles. The summed E-state index contributed by atoms with van der Waals surface area (Å²) in [5.74, 6) is 0.751. The van der Waals surface area contributed by atoms with Crippen LogP contribution in [0, 0.1) is 6.92 Å². The van der Waals surface area contributed by atoms with Crippen LogP contribution >= 0.6 is 0 Å². The van der Waals surface area contributed by atoms with E-state index in [2.05, 4.69) is 10.6 Å². The Bertz CT molecular complexity index is 696. The number of urea groups is 1. The molecule has 0 atom stereocenters. The van der Waals surface area contributed by atoms with Crippen molar-refractivity contribution < 1.29 is 14.6 Å². The van der Waals surface area contributed by atoms with Crippen LogP contribution < -0.4 is 15.4 Å². The van der Waals surface area contributed by atoms with E-state index < -0.39 is 6.03 Å². The molecule has 0 spiro atoms. The number of anilines is 1. The van der Waals surface area contributed by atoms with E-state index in [-0.39, 0.29) is 5.75 Å². The highest BCUT2D eigenvalue weighted by Gasteiger charge is 2.04. The number of ether oxygens (including phenoxy) is 1. The van der Waals surface area contributed by atoms with Crippen molar-refractivity contribution in [3.8, 4) is 11.5 Å². The van der Waals surface area contributed by atoms with Crippen molar-refractivity contribution in [2.24, 2.45) is 0 Å². The van der Waals surface area contributed by atoms with E-state index >= 15 is 0 Å². The second kappa shape index (κ2) is 7.17. The second-order valence-corrected chi connectivity index (χ2v) is 4.69. The number of carbonyl (C=O) groups is 1. The molecule has 0 bridgehead atoms. The number of amides is 2. The maximum Gasteiger partial charge on any atom is 0.323 e. The number of hydrogen-bond acceptors (Lipinski definition) is 3. The third-order valence-electron chi connectivity index (χ3n) is 3.02. The molecule has 2 rings (SSSR count). The number of aryl methyl sites for hydroxylation is 1. The van der Waals surface area contributed by atoms with E-state index in [1.54, 1.807) is 31.4 Å². The number of aromatic hydroxyl groups is 1. The minimum absolute atomic E-state index is 0.0314. The van der Waals surface area contributed by atoms with Gasteiger partial charge in [0.1, 0.15) is 11.5 Å². The predicted octanol–water partition coefficient (Wildman–Crippen LogP) is 3.50. The molecule has 3 N–H and O–H groups in total. The Hall–Kier alpha value is -2.95. The Labute approximate surface area is 129 Å². The summed E-state index contributed by atoms with van der Waals surface area (Å²) in [5, 5.41) is 14.9. The van der Waals surface area contributed by atoms with Gasteiger partial charge in [0, 0.05) is 11.8 Å². The van der Waals surface area contributed by atoms with Gasteiger partial charge in [-0.25, -0.2) is 4.79 Å². The van der Waals surface area contributed by atoms with Crippen molar-refractivity contribution in [3.05, 3.63) is 59.8 Å². The molecular weight excluding hydrogens is 280 g/mol. The molecular formula is C17H18N2O3. The molecule has 0 aliphatic heterocycles. The number of benzene rings is 2. The first-order chi connectivity index (χ1) is 10.6. The van der Waals surface area contributed by atoms with E-state index in [9.17, 15) is 9.90 Å². The van der Waals surface area contributed by atoms with Crippen molar-refractivity contribution in [1.29, 1.82) is 0 Å². The van der Waals surface area contributed by atoms with E-state index in [1.807, 2.05) is 31.2 Å². The predicted molar refractivity (Wildman–Crippen MR) is 87.0 cm³/mol. The van der Waals surface area contributed by atoms with Crippen LogP contribution in [-0.4, -0.2) is 18.2 Å². The third-order valence-corrected chi connectivity index (χ3v) is 3.02. The van der Waals surface area contributed by atoms with Crippen LogP contribution in [0.15, 0.2) is 48.7 Å². The van der Waals surface area contributed by atoms with Gasteiger partial charge in [-0.15, -0.1) is 0 Å². The Morgan fingerprint density at radius 3 is 2.73 bits per heavy atom. The molecule has 0 heterocycles. The van der Waals surface area contributed by atoms with E-state index in [0.29, 0.717) is 5.69 Å². The molecule has 5 nitrogen and oxygen atoms in total. The maximum atomic E-state index is 11.8. The summed E-state index contributed by atoms with van der Waals surface area (Å²) in [7, 11) is 1.59. The molecule has 0 saturated carbocycles. The van der Waals surface area contributed by atoms with Crippen LogP contribution in [0.4, 0.5) is 10.5 Å². The number of rotatable bonds is 4. The minimum atomic E-state index is -0.440. The SMILES string of the molecule is COc1ccccc1/C=C/NC(=O)Nc1ccc(C)cc1O. The lowest BCUT2D eigenvalue weighted by Crippen LogP contribution is -2.23. The Balaban J connectivity index is 1.96. The molecule has 0 unspecified atom stereocenters. The zero-order valence-electron chi connectivity index (χ0n) is 12.5. The molecule has 2 amide bonds. The van der Waals surface area contributed by atoms with Gasteiger partial charge >= 0.3 is 6.03 Å². The third kappa shape index (κ3) is 4.02. The molecule has 0 aliphatic rings. The van der Waals surface area contributed by atoms with Crippen LogP contribution in [-0.2, 0) is 0 Å². The quantitative estimate of drug-likeness (QED) is 0.757. The summed E-state index contributed by atoms with van der Waals surface area (Å²) in [6.07, 6.45) is 3.24. The number of phenols is 1. The first-order valence-corrected chi connectivity index (χ1v) is 6.77. The highest BCUT2D eigenvalue weighted by Crippen LogP contribution is 2.23. The topological polar surface area (TPSA) is 70.6 Å². The minimum Gasteiger partial charge on any atom is -0.506 e. The smallest absolute Gasteiger partial charge is 0.323 e. The van der Waals surface area contributed by atoms with Crippen LogP contribution in [0.1, 0.15) is 11.1 Å². The maximum absolute atomic E-state index is 11.8. The summed E-state index contributed by atoms with van der Waals surface area (Å²) in [6, 6.07) is 12.1. The summed E-state index contributed by atoms with van der Waals surface area (Å²) in [6.45, 7) is 1.86. The fraction of sp³-hybridized carbons (Fsp3) is 0.118. The summed E-state index contributed by atoms with van der Waals surface area (Å²) < 4.78 is 5.21. The van der Waals surface area contributed by atoms with Gasteiger partial charge in [-0.2, -0.15) is 0 Å². The number of para-hydroxylation sites is 1. The summed E-state index contributed by atoms with van der Waals surface area (Å²) >= 11 is 0. The molecule has 114 valence electrons. The lowest BCUT2D eigenvalue weighted by molar-refractivity contribution is 0.255.